The van der Waals surface area contributed by atoms with Gasteiger partial charge in [0.15, 0.2) is 0 Å². The molecule has 2 rings (SSSR count). The first-order chi connectivity index (χ1) is 8.74. The largest absolute Gasteiger partial charge is 0.427 e. The molecule has 92 valence electrons. The summed E-state index contributed by atoms with van der Waals surface area (Å²) in [5.74, 6) is 0.373. The highest BCUT2D eigenvalue weighted by molar-refractivity contribution is 9.10. The lowest BCUT2D eigenvalue weighted by Crippen LogP contribution is -2.08. The van der Waals surface area contributed by atoms with E-state index in [1.807, 2.05) is 42.5 Å². The van der Waals surface area contributed by atoms with Crippen LogP contribution in [0.5, 0.6) is 5.75 Å². The second-order valence-electron chi connectivity index (χ2n) is 3.91. The van der Waals surface area contributed by atoms with Crippen LogP contribution in [-0.4, -0.2) is 5.97 Å². The zero-order valence-electron chi connectivity index (χ0n) is 9.80. The van der Waals surface area contributed by atoms with Crippen molar-refractivity contribution in [3.05, 3.63) is 64.6 Å². The van der Waals surface area contributed by atoms with Gasteiger partial charge in [-0.15, -0.1) is 0 Å². The third-order valence-corrected chi connectivity index (χ3v) is 3.03. The van der Waals surface area contributed by atoms with Crippen molar-refractivity contribution in [2.24, 2.45) is 0 Å². The van der Waals surface area contributed by atoms with Gasteiger partial charge in [0.05, 0.1) is 0 Å². The molecule has 0 aliphatic heterocycles. The molecule has 0 bridgehead atoms. The van der Waals surface area contributed by atoms with Crippen LogP contribution >= 0.6 is 15.9 Å². The molecule has 3 heteroatoms. The smallest absolute Gasteiger partial charge is 0.311 e. The molecule has 0 heterocycles. The summed E-state index contributed by atoms with van der Waals surface area (Å²) in [4.78, 5) is 11.6. The van der Waals surface area contributed by atoms with Crippen molar-refractivity contribution < 1.29 is 9.53 Å². The lowest BCUT2D eigenvalue weighted by Gasteiger charge is -2.04. The van der Waals surface area contributed by atoms with Crippen molar-refractivity contribution >= 4 is 21.9 Å². The molecule has 0 amide bonds. The van der Waals surface area contributed by atoms with Gasteiger partial charge < -0.3 is 4.74 Å². The van der Waals surface area contributed by atoms with E-state index in [0.717, 1.165) is 10.0 Å². The summed E-state index contributed by atoms with van der Waals surface area (Å²) in [6.07, 6.45) is 1.09. The first kappa shape index (κ1) is 12.8. The number of halogens is 1. The number of benzene rings is 2. The van der Waals surface area contributed by atoms with Crippen LogP contribution in [0.2, 0.25) is 0 Å². The summed E-state index contributed by atoms with van der Waals surface area (Å²) >= 11 is 3.33. The Bertz CT molecular complexity index is 506. The lowest BCUT2D eigenvalue weighted by molar-refractivity contribution is -0.134. The molecule has 0 radical (unpaired) electrons. The monoisotopic (exact) mass is 304 g/mol. The van der Waals surface area contributed by atoms with E-state index < -0.39 is 0 Å². The van der Waals surface area contributed by atoms with Crippen molar-refractivity contribution in [2.45, 2.75) is 12.8 Å². The van der Waals surface area contributed by atoms with Gasteiger partial charge in [-0.1, -0.05) is 46.3 Å². The average Bonchev–Trinajstić information content (AvgIpc) is 2.40. The van der Waals surface area contributed by atoms with E-state index in [-0.39, 0.29) is 5.97 Å². The molecular weight excluding hydrogens is 292 g/mol. The highest BCUT2D eigenvalue weighted by Gasteiger charge is 2.05. The van der Waals surface area contributed by atoms with Gasteiger partial charge in [-0.2, -0.15) is 0 Å². The molecule has 0 unspecified atom stereocenters. The highest BCUT2D eigenvalue weighted by atomic mass is 79.9. The molecule has 2 nitrogen and oxygen atoms in total. The van der Waals surface area contributed by atoms with E-state index in [1.54, 1.807) is 12.1 Å². The molecule has 0 aliphatic carbocycles. The van der Waals surface area contributed by atoms with E-state index in [0.29, 0.717) is 18.6 Å². The van der Waals surface area contributed by atoms with E-state index in [9.17, 15) is 4.79 Å². The molecule has 2 aromatic rings. The van der Waals surface area contributed by atoms with Crippen LogP contribution in [0.4, 0.5) is 0 Å². The van der Waals surface area contributed by atoms with Crippen LogP contribution < -0.4 is 4.74 Å². The number of rotatable bonds is 4. The van der Waals surface area contributed by atoms with Gasteiger partial charge in [0.25, 0.3) is 0 Å². The quantitative estimate of drug-likeness (QED) is 0.631. The molecule has 0 aliphatic rings. The maximum absolute atomic E-state index is 11.6. The number of carbonyl (C=O) groups is 1. The summed E-state index contributed by atoms with van der Waals surface area (Å²) in [5.41, 5.74) is 1.14. The van der Waals surface area contributed by atoms with Crippen LogP contribution in [0.3, 0.4) is 0 Å². The Hall–Kier alpha value is -1.61. The topological polar surface area (TPSA) is 26.3 Å². The minimum absolute atomic E-state index is 0.207. The van der Waals surface area contributed by atoms with E-state index in [4.69, 9.17) is 4.74 Å². The molecule has 0 aromatic heterocycles. The van der Waals surface area contributed by atoms with Gasteiger partial charge in [0.1, 0.15) is 5.75 Å². The summed E-state index contributed by atoms with van der Waals surface area (Å²) in [7, 11) is 0. The van der Waals surface area contributed by atoms with Gasteiger partial charge in [0.2, 0.25) is 0 Å². The highest BCUT2D eigenvalue weighted by Crippen LogP contribution is 2.16. The fourth-order valence-electron chi connectivity index (χ4n) is 1.58. The van der Waals surface area contributed by atoms with Crippen molar-refractivity contribution in [1.29, 1.82) is 0 Å². The van der Waals surface area contributed by atoms with E-state index in [1.165, 1.54) is 0 Å². The minimum Gasteiger partial charge on any atom is -0.427 e. The number of esters is 1. The molecule has 18 heavy (non-hydrogen) atoms. The summed E-state index contributed by atoms with van der Waals surface area (Å²) in [6, 6.07) is 17.1. The van der Waals surface area contributed by atoms with E-state index in [2.05, 4.69) is 15.9 Å². The summed E-state index contributed by atoms with van der Waals surface area (Å²) < 4.78 is 6.20. The van der Waals surface area contributed by atoms with Gasteiger partial charge in [-0.05, 0) is 36.2 Å². The van der Waals surface area contributed by atoms with Crippen LogP contribution in [-0.2, 0) is 11.2 Å². The Morgan fingerprint density at radius 2 is 1.67 bits per heavy atom. The second-order valence-corrected chi connectivity index (χ2v) is 4.83. The average molecular weight is 305 g/mol. The maximum Gasteiger partial charge on any atom is 0.311 e. The van der Waals surface area contributed by atoms with Gasteiger partial charge >= 0.3 is 5.97 Å². The first-order valence-electron chi connectivity index (χ1n) is 5.74. The Morgan fingerprint density at radius 3 is 2.33 bits per heavy atom. The van der Waals surface area contributed by atoms with Crippen molar-refractivity contribution in [1.82, 2.24) is 0 Å². The van der Waals surface area contributed by atoms with Crippen molar-refractivity contribution in [2.75, 3.05) is 0 Å². The molecule has 0 spiro atoms. The Kier molecular flexibility index (Phi) is 4.53. The normalized spacial score (nSPS) is 10.1. The maximum atomic E-state index is 11.6. The third kappa shape index (κ3) is 4.00. The molecule has 0 fully saturated rings. The minimum atomic E-state index is -0.207. The molecule has 2 aromatic carbocycles. The molecule has 0 saturated carbocycles. The van der Waals surface area contributed by atoms with Crippen LogP contribution in [0, 0.1) is 0 Å². The molecule has 0 saturated heterocycles. The number of hydrogen-bond donors (Lipinski definition) is 0. The van der Waals surface area contributed by atoms with Crippen LogP contribution in [0.1, 0.15) is 12.0 Å². The predicted molar refractivity (Wildman–Crippen MR) is 74.5 cm³/mol. The number of ether oxygens (including phenoxy) is 1. The molecule has 0 atom stereocenters. The Morgan fingerprint density at radius 1 is 1.00 bits per heavy atom. The van der Waals surface area contributed by atoms with Gasteiger partial charge in [-0.25, -0.2) is 0 Å². The Balaban J connectivity index is 1.84. The number of hydrogen-bond acceptors (Lipinski definition) is 2. The molecular formula is C15H13BrO2. The second kappa shape index (κ2) is 6.36. The van der Waals surface area contributed by atoms with Crippen molar-refractivity contribution in [3.8, 4) is 5.75 Å². The fraction of sp³-hybridized carbons (Fsp3) is 0.133. The zero-order chi connectivity index (χ0) is 12.8. The number of aryl methyl sites for hydroxylation is 1. The van der Waals surface area contributed by atoms with Crippen LogP contribution in [0.15, 0.2) is 59.1 Å². The SMILES string of the molecule is O=C(CCc1ccccc1)Oc1ccc(Br)cc1. The fourth-order valence-corrected chi connectivity index (χ4v) is 1.84. The van der Waals surface area contributed by atoms with Gasteiger partial charge in [-0.3, -0.25) is 4.79 Å². The predicted octanol–water partition coefficient (Wildman–Crippen LogP) is 3.99. The Labute approximate surface area is 115 Å². The standard InChI is InChI=1S/C15H13BrO2/c16-13-7-9-14(10-8-13)18-15(17)11-6-12-4-2-1-3-5-12/h1-5,7-10H,6,11H2. The third-order valence-electron chi connectivity index (χ3n) is 2.51. The van der Waals surface area contributed by atoms with Crippen molar-refractivity contribution in [3.63, 3.8) is 0 Å². The zero-order valence-corrected chi connectivity index (χ0v) is 11.4. The first-order valence-corrected chi connectivity index (χ1v) is 6.53. The van der Waals surface area contributed by atoms with E-state index >= 15 is 0 Å². The number of carbonyl (C=O) groups excluding carboxylic acids is 1. The van der Waals surface area contributed by atoms with Gasteiger partial charge in [0, 0.05) is 10.9 Å². The van der Waals surface area contributed by atoms with Crippen LogP contribution in [0.25, 0.3) is 0 Å². The summed E-state index contributed by atoms with van der Waals surface area (Å²) in [5, 5.41) is 0. The summed E-state index contributed by atoms with van der Waals surface area (Å²) in [6.45, 7) is 0. The lowest BCUT2D eigenvalue weighted by atomic mass is 10.1. The molecule has 0 N–H and O–H groups in total.